The predicted octanol–water partition coefficient (Wildman–Crippen LogP) is 5.06. The summed E-state index contributed by atoms with van der Waals surface area (Å²) in [6, 6.07) is 11.2. The minimum Gasteiger partial charge on any atom is -0.265 e. The van der Waals surface area contributed by atoms with Crippen LogP contribution in [0, 0.1) is 36.3 Å². The molecule has 14 heteroatoms. The first-order valence-electron chi connectivity index (χ1n) is 12.5. The van der Waals surface area contributed by atoms with Crippen molar-refractivity contribution in [1.29, 1.82) is 0 Å². The van der Waals surface area contributed by atoms with Crippen molar-refractivity contribution in [3.05, 3.63) is 107 Å². The lowest BCUT2D eigenvalue weighted by atomic mass is 9.77. The third-order valence-electron chi connectivity index (χ3n) is 7.07. The molecule has 2 heterocycles. The zero-order chi connectivity index (χ0) is 28.6. The van der Waals surface area contributed by atoms with E-state index in [1.54, 1.807) is 31.2 Å². The highest BCUT2D eigenvalue weighted by Crippen LogP contribution is 2.45. The lowest BCUT2D eigenvalue weighted by molar-refractivity contribution is -0.385. The van der Waals surface area contributed by atoms with E-state index < -0.39 is 32.4 Å². The van der Waals surface area contributed by atoms with Crippen molar-refractivity contribution in [2.45, 2.75) is 38.8 Å². The summed E-state index contributed by atoms with van der Waals surface area (Å²) in [5, 5.41) is 44.0. The molecule has 2 unspecified atom stereocenters. The molecule has 0 N–H and O–H groups in total. The van der Waals surface area contributed by atoms with Gasteiger partial charge in [-0.05, 0) is 61.1 Å². The number of hydrogen-bond donors (Lipinski definition) is 0. The Morgan fingerprint density at radius 1 is 0.975 bits per heavy atom. The molecule has 1 aliphatic carbocycles. The molecule has 14 nitrogen and oxygen atoms in total. The summed E-state index contributed by atoms with van der Waals surface area (Å²) < 4.78 is 1.31. The van der Waals surface area contributed by atoms with Crippen LogP contribution in [0.1, 0.15) is 53.8 Å². The SMILES string of the molecule is CCn1cc([N+](=O)[O-])c(C(=O)N2N=C3/C(=C/c4ccc([N+](=O)[O-])cc4)CCCC3C2c2ccc([N+](=O)[O-])cc2)n1. The molecule has 204 valence electrons. The van der Waals surface area contributed by atoms with Crippen LogP contribution in [0.3, 0.4) is 0 Å². The second kappa shape index (κ2) is 10.5. The highest BCUT2D eigenvalue weighted by atomic mass is 16.6. The topological polar surface area (TPSA) is 180 Å². The third kappa shape index (κ3) is 4.81. The molecular formula is C26H23N7O7. The molecular weight excluding hydrogens is 522 g/mol. The van der Waals surface area contributed by atoms with Gasteiger partial charge in [-0.25, -0.2) is 5.01 Å². The average Bonchev–Trinajstić information content (AvgIpc) is 3.56. The van der Waals surface area contributed by atoms with Crippen molar-refractivity contribution in [3.8, 4) is 0 Å². The van der Waals surface area contributed by atoms with Crippen molar-refractivity contribution in [1.82, 2.24) is 14.8 Å². The second-order valence-corrected chi connectivity index (χ2v) is 9.42. The average molecular weight is 546 g/mol. The van der Waals surface area contributed by atoms with Crippen molar-refractivity contribution in [3.63, 3.8) is 0 Å². The lowest BCUT2D eigenvalue weighted by Gasteiger charge is -2.29. The summed E-state index contributed by atoms with van der Waals surface area (Å²) in [5.41, 5.74) is 1.84. The zero-order valence-electron chi connectivity index (χ0n) is 21.2. The number of benzene rings is 2. The van der Waals surface area contributed by atoms with E-state index >= 15 is 0 Å². The molecule has 40 heavy (non-hydrogen) atoms. The number of carbonyl (C=O) groups is 1. The number of allylic oxidation sites excluding steroid dienone is 1. The molecule has 0 bridgehead atoms. The van der Waals surface area contributed by atoms with Gasteiger partial charge in [-0.2, -0.15) is 10.2 Å². The van der Waals surface area contributed by atoms with Gasteiger partial charge in [-0.3, -0.25) is 39.8 Å². The van der Waals surface area contributed by atoms with Crippen LogP contribution >= 0.6 is 0 Å². The third-order valence-corrected chi connectivity index (χ3v) is 7.07. The van der Waals surface area contributed by atoms with Crippen molar-refractivity contribution >= 4 is 34.8 Å². The first-order chi connectivity index (χ1) is 19.2. The van der Waals surface area contributed by atoms with Crippen LogP contribution in [0.25, 0.3) is 6.08 Å². The Morgan fingerprint density at radius 3 is 2.17 bits per heavy atom. The van der Waals surface area contributed by atoms with E-state index in [1.807, 2.05) is 6.08 Å². The normalized spacial score (nSPS) is 19.3. The Kier molecular flexibility index (Phi) is 6.90. The number of amides is 1. The number of aryl methyl sites for hydroxylation is 1. The van der Waals surface area contributed by atoms with E-state index in [0.717, 1.165) is 17.6 Å². The number of rotatable bonds is 7. The van der Waals surface area contributed by atoms with Crippen LogP contribution in [0.15, 0.2) is 65.4 Å². The summed E-state index contributed by atoms with van der Waals surface area (Å²) in [7, 11) is 0. The van der Waals surface area contributed by atoms with Crippen molar-refractivity contribution in [2.24, 2.45) is 11.0 Å². The zero-order valence-corrected chi connectivity index (χ0v) is 21.2. The minimum absolute atomic E-state index is 0.0370. The van der Waals surface area contributed by atoms with Gasteiger partial charge in [0.15, 0.2) is 0 Å². The van der Waals surface area contributed by atoms with Crippen molar-refractivity contribution in [2.75, 3.05) is 0 Å². The molecule has 2 atom stereocenters. The molecule has 1 fully saturated rings. The number of nitrogens with zero attached hydrogens (tertiary/aromatic N) is 7. The van der Waals surface area contributed by atoms with E-state index in [1.165, 1.54) is 40.2 Å². The maximum atomic E-state index is 13.8. The van der Waals surface area contributed by atoms with Gasteiger partial charge in [0.25, 0.3) is 11.4 Å². The first kappa shape index (κ1) is 26.3. The van der Waals surface area contributed by atoms with Gasteiger partial charge >= 0.3 is 11.6 Å². The Labute approximate surface area is 226 Å². The number of nitro benzene ring substituents is 2. The summed E-state index contributed by atoms with van der Waals surface area (Å²) in [5.74, 6) is -1.03. The lowest BCUT2D eigenvalue weighted by Crippen LogP contribution is -2.32. The van der Waals surface area contributed by atoms with Crippen LogP contribution in [-0.4, -0.2) is 41.2 Å². The molecule has 2 aromatic carbocycles. The summed E-state index contributed by atoms with van der Waals surface area (Å²) >= 11 is 0. The summed E-state index contributed by atoms with van der Waals surface area (Å²) in [6.45, 7) is 2.06. The maximum absolute atomic E-state index is 13.8. The number of nitro groups is 3. The molecule has 1 saturated carbocycles. The highest BCUT2D eigenvalue weighted by molar-refractivity contribution is 6.09. The monoisotopic (exact) mass is 545 g/mol. The van der Waals surface area contributed by atoms with Gasteiger partial charge < -0.3 is 0 Å². The van der Waals surface area contributed by atoms with Crippen LogP contribution < -0.4 is 0 Å². The Hall–Kier alpha value is -5.27. The quantitative estimate of drug-likeness (QED) is 0.291. The number of fused-ring (bicyclic) bond motifs is 1. The van der Waals surface area contributed by atoms with Gasteiger partial charge in [0.1, 0.15) is 6.20 Å². The molecule has 1 aliphatic heterocycles. The molecule has 3 aromatic rings. The Bertz CT molecular complexity index is 1580. The van der Waals surface area contributed by atoms with E-state index in [2.05, 4.69) is 10.2 Å². The van der Waals surface area contributed by atoms with Crippen LogP contribution in [0.4, 0.5) is 17.1 Å². The molecule has 2 aliphatic rings. The first-order valence-corrected chi connectivity index (χ1v) is 12.5. The number of hydrogen-bond acceptors (Lipinski definition) is 9. The highest BCUT2D eigenvalue weighted by Gasteiger charge is 2.46. The number of carbonyl (C=O) groups excluding carboxylic acids is 1. The van der Waals surface area contributed by atoms with Crippen LogP contribution in [-0.2, 0) is 6.54 Å². The van der Waals surface area contributed by atoms with Crippen LogP contribution in [0.5, 0.6) is 0 Å². The Morgan fingerprint density at radius 2 is 1.60 bits per heavy atom. The van der Waals surface area contributed by atoms with Crippen LogP contribution in [0.2, 0.25) is 0 Å². The largest absolute Gasteiger partial charge is 0.320 e. The minimum atomic E-state index is -0.751. The van der Waals surface area contributed by atoms with Gasteiger partial charge in [-0.1, -0.05) is 12.1 Å². The van der Waals surface area contributed by atoms with Crippen molar-refractivity contribution < 1.29 is 19.6 Å². The maximum Gasteiger partial charge on any atom is 0.320 e. The fourth-order valence-electron chi connectivity index (χ4n) is 5.16. The van der Waals surface area contributed by atoms with E-state index in [-0.39, 0.29) is 23.0 Å². The van der Waals surface area contributed by atoms with E-state index in [0.29, 0.717) is 30.7 Å². The van der Waals surface area contributed by atoms with E-state index in [4.69, 9.17) is 0 Å². The molecule has 0 saturated heterocycles. The standard InChI is InChI=1S/C26H23N7O7/c1-2-29-15-22(33(39)40)24(27-29)26(34)30-25(17-8-12-20(13-9-17)32(37)38)21-5-3-4-18(23(21)28-30)14-16-6-10-19(11-7-16)31(35)36/h6-15,21,25H,2-5H2,1H3/b18-14+. The fourth-order valence-corrected chi connectivity index (χ4v) is 5.16. The molecule has 1 aromatic heterocycles. The summed E-state index contributed by atoms with van der Waals surface area (Å²) in [4.78, 5) is 46.1. The smallest absolute Gasteiger partial charge is 0.265 e. The molecule has 5 rings (SSSR count). The van der Waals surface area contributed by atoms with Gasteiger partial charge in [0.05, 0.1) is 26.5 Å². The van der Waals surface area contributed by atoms with Gasteiger partial charge in [0.2, 0.25) is 5.69 Å². The molecule has 0 spiro atoms. The summed E-state index contributed by atoms with van der Waals surface area (Å²) in [6.07, 6.45) is 5.13. The number of aromatic nitrogens is 2. The fraction of sp³-hybridized carbons (Fsp3) is 0.269. The van der Waals surface area contributed by atoms with Gasteiger partial charge in [-0.15, -0.1) is 0 Å². The molecule has 0 radical (unpaired) electrons. The molecule has 1 amide bonds. The Balaban J connectivity index is 1.59. The van der Waals surface area contributed by atoms with E-state index in [9.17, 15) is 35.1 Å². The number of hydrazone groups is 1. The second-order valence-electron chi connectivity index (χ2n) is 9.42. The van der Waals surface area contributed by atoms with Gasteiger partial charge in [0, 0.05) is 36.7 Å². The number of non-ortho nitro benzene ring substituents is 2. The predicted molar refractivity (Wildman–Crippen MR) is 142 cm³/mol.